The summed E-state index contributed by atoms with van der Waals surface area (Å²) < 4.78 is 37.1. The van der Waals surface area contributed by atoms with E-state index < -0.39 is 39.4 Å². The molecule has 13 nitrogen and oxygen atoms in total. The number of benzene rings is 1. The Morgan fingerprint density at radius 2 is 1.84 bits per heavy atom. The van der Waals surface area contributed by atoms with Gasteiger partial charge in [0.15, 0.2) is 0 Å². The Balaban J connectivity index is 1.45. The minimum absolute atomic E-state index is 0.0414. The van der Waals surface area contributed by atoms with E-state index in [-0.39, 0.29) is 32.5 Å². The highest BCUT2D eigenvalue weighted by Crippen LogP contribution is 2.27. The number of pyridine rings is 1. The molecular formula is C29H41N5O8S. The van der Waals surface area contributed by atoms with Crippen LogP contribution in [0.15, 0.2) is 18.2 Å². The number of hydrogen-bond donors (Lipinski definition) is 5. The first-order valence-electron chi connectivity index (χ1n) is 14.6. The highest BCUT2D eigenvalue weighted by Gasteiger charge is 2.26. The van der Waals surface area contributed by atoms with Gasteiger partial charge >= 0.3 is 5.97 Å². The molecule has 0 spiro atoms. The number of aryl methyl sites for hydroxylation is 2. The second-order valence-corrected chi connectivity index (χ2v) is 12.2. The average molecular weight is 620 g/mol. The van der Waals surface area contributed by atoms with Gasteiger partial charge in [-0.15, -0.1) is 0 Å². The van der Waals surface area contributed by atoms with E-state index in [0.29, 0.717) is 18.8 Å². The Kier molecular flexibility index (Phi) is 12.8. The van der Waals surface area contributed by atoms with Crippen molar-refractivity contribution in [1.82, 2.24) is 20.3 Å². The maximum atomic E-state index is 12.6. The lowest BCUT2D eigenvalue weighted by Gasteiger charge is -2.15. The first kappa shape index (κ1) is 33.9. The molecule has 0 aliphatic heterocycles. The van der Waals surface area contributed by atoms with E-state index in [2.05, 4.69) is 28.3 Å². The molecule has 0 saturated heterocycles. The summed E-state index contributed by atoms with van der Waals surface area (Å²) in [6.07, 6.45) is 5.37. The van der Waals surface area contributed by atoms with Crippen LogP contribution < -0.4 is 11.1 Å². The Morgan fingerprint density at radius 1 is 1.07 bits per heavy atom. The number of carbonyl (C=O) groups excluding carboxylic acids is 2. The number of ether oxygens (including phenoxy) is 1. The Morgan fingerprint density at radius 3 is 2.56 bits per heavy atom. The Bertz CT molecular complexity index is 1520. The lowest BCUT2D eigenvalue weighted by Crippen LogP contribution is -2.36. The standard InChI is InChI=1S/C29H41N5O8S/c1-2-3-8-24-33-26-22-10-9-19(16-23(22)32-28(30)27(26)34-24)7-5-4-6-13-31-29(38)20(18-43(39,40)41)17-21(35)11-14-42-15-12-25(36)37/h9-10,16,20H,2-8,11-15,17-18H2,1H3,(H2,30,32)(H,31,38)(H,33,34)(H,36,37)(H,39,40,41)/t20-/m0/s1. The SMILES string of the molecule is CCCCc1nc2c([nH]1)c(N)nc1cc(CCCCCNC(=O)[C@@H](CC(=O)CCOCCC(=O)O)CS(=O)(=O)O)ccc12. The molecule has 2 aromatic heterocycles. The number of nitrogen functional groups attached to an aromatic ring is 1. The van der Waals surface area contributed by atoms with Crippen LogP contribution in [0, 0.1) is 5.92 Å². The molecule has 0 radical (unpaired) electrons. The predicted molar refractivity (Wildman–Crippen MR) is 162 cm³/mol. The number of carboxylic acid groups (broad SMARTS) is 1. The van der Waals surface area contributed by atoms with E-state index in [4.69, 9.17) is 20.6 Å². The van der Waals surface area contributed by atoms with Crippen molar-refractivity contribution < 1.29 is 37.2 Å². The van der Waals surface area contributed by atoms with E-state index in [0.717, 1.165) is 71.8 Å². The summed E-state index contributed by atoms with van der Waals surface area (Å²) >= 11 is 0. The fourth-order valence-corrected chi connectivity index (χ4v) is 5.55. The topological polar surface area (TPSA) is 215 Å². The van der Waals surface area contributed by atoms with Gasteiger partial charge in [-0.1, -0.05) is 31.9 Å². The van der Waals surface area contributed by atoms with Crippen molar-refractivity contribution in [1.29, 1.82) is 0 Å². The number of carbonyl (C=O) groups is 3. The number of fused-ring (bicyclic) bond motifs is 3. The molecule has 1 amide bonds. The molecule has 1 atom stereocenters. The number of unbranched alkanes of at least 4 members (excludes halogenated alkanes) is 3. The van der Waals surface area contributed by atoms with Crippen LogP contribution in [0.5, 0.6) is 0 Å². The van der Waals surface area contributed by atoms with Crippen LogP contribution in [0.4, 0.5) is 5.82 Å². The number of aromatic nitrogens is 3. The largest absolute Gasteiger partial charge is 0.481 e. The number of imidazole rings is 1. The molecule has 3 rings (SSSR count). The molecule has 0 saturated carbocycles. The summed E-state index contributed by atoms with van der Waals surface area (Å²) in [5.74, 6) is -2.85. The minimum atomic E-state index is -4.48. The number of carboxylic acids is 1. The molecule has 6 N–H and O–H groups in total. The lowest BCUT2D eigenvalue weighted by atomic mass is 10.0. The molecule has 0 aliphatic carbocycles. The summed E-state index contributed by atoms with van der Waals surface area (Å²) in [6, 6.07) is 6.08. The maximum Gasteiger partial charge on any atom is 0.305 e. The van der Waals surface area contributed by atoms with Crippen molar-refractivity contribution in [3.63, 3.8) is 0 Å². The number of aromatic amines is 1. The quantitative estimate of drug-likeness (QED) is 0.0914. The van der Waals surface area contributed by atoms with Crippen LogP contribution in [-0.4, -0.2) is 76.2 Å². The van der Waals surface area contributed by atoms with Gasteiger partial charge in [0.25, 0.3) is 10.1 Å². The van der Waals surface area contributed by atoms with Gasteiger partial charge in [0.2, 0.25) is 5.91 Å². The molecule has 0 unspecified atom stereocenters. The van der Waals surface area contributed by atoms with Gasteiger partial charge in [-0.3, -0.25) is 18.9 Å². The van der Waals surface area contributed by atoms with Gasteiger partial charge in [0, 0.05) is 31.2 Å². The van der Waals surface area contributed by atoms with Gasteiger partial charge in [-0.2, -0.15) is 8.42 Å². The number of H-pyrrole nitrogens is 1. The lowest BCUT2D eigenvalue weighted by molar-refractivity contribution is -0.138. The third-order valence-electron chi connectivity index (χ3n) is 7.02. The normalized spacial score (nSPS) is 12.5. The monoisotopic (exact) mass is 619 g/mol. The summed E-state index contributed by atoms with van der Waals surface area (Å²) in [5.41, 5.74) is 9.69. The maximum absolute atomic E-state index is 12.6. The molecule has 236 valence electrons. The molecule has 3 aromatic rings. The van der Waals surface area contributed by atoms with E-state index in [9.17, 15) is 27.4 Å². The highest BCUT2D eigenvalue weighted by atomic mass is 32.2. The number of ketones is 1. The molecule has 0 fully saturated rings. The van der Waals surface area contributed by atoms with Crippen molar-refractivity contribution >= 4 is 55.5 Å². The highest BCUT2D eigenvalue weighted by molar-refractivity contribution is 7.85. The number of aliphatic carboxylic acids is 1. The molecule has 0 aliphatic rings. The third-order valence-corrected chi connectivity index (χ3v) is 7.84. The summed E-state index contributed by atoms with van der Waals surface area (Å²) in [7, 11) is -4.48. The van der Waals surface area contributed by atoms with E-state index in [1.54, 1.807) is 0 Å². The minimum Gasteiger partial charge on any atom is -0.481 e. The number of nitrogens with one attached hydrogen (secondary N) is 2. The number of amides is 1. The fraction of sp³-hybridized carbons (Fsp3) is 0.552. The van der Waals surface area contributed by atoms with E-state index in [1.807, 2.05) is 12.1 Å². The van der Waals surface area contributed by atoms with Crippen molar-refractivity contribution in [3.8, 4) is 0 Å². The van der Waals surface area contributed by atoms with Crippen molar-refractivity contribution in [2.24, 2.45) is 5.92 Å². The van der Waals surface area contributed by atoms with Crippen molar-refractivity contribution in [2.45, 2.75) is 71.1 Å². The molecule has 43 heavy (non-hydrogen) atoms. The molecular weight excluding hydrogens is 578 g/mol. The zero-order chi connectivity index (χ0) is 31.4. The van der Waals surface area contributed by atoms with Crippen LogP contribution in [0.1, 0.15) is 69.7 Å². The summed E-state index contributed by atoms with van der Waals surface area (Å²) in [4.78, 5) is 47.9. The number of anilines is 1. The first-order chi connectivity index (χ1) is 20.5. The first-order valence-corrected chi connectivity index (χ1v) is 16.2. The van der Waals surface area contributed by atoms with Gasteiger partial charge in [-0.25, -0.2) is 9.97 Å². The Labute approximate surface area is 250 Å². The van der Waals surface area contributed by atoms with Gasteiger partial charge in [0.05, 0.1) is 36.8 Å². The third kappa shape index (κ3) is 11.2. The van der Waals surface area contributed by atoms with Crippen LogP contribution >= 0.6 is 0 Å². The van der Waals surface area contributed by atoms with Crippen molar-refractivity contribution in [3.05, 3.63) is 29.6 Å². The summed E-state index contributed by atoms with van der Waals surface area (Å²) in [6.45, 7) is 2.33. The summed E-state index contributed by atoms with van der Waals surface area (Å²) in [5, 5.41) is 12.2. The van der Waals surface area contributed by atoms with Gasteiger partial charge in [-0.05, 0) is 37.3 Å². The van der Waals surface area contributed by atoms with Crippen LogP contribution in [0.3, 0.4) is 0 Å². The smallest absolute Gasteiger partial charge is 0.305 e. The van der Waals surface area contributed by atoms with Gasteiger partial charge in [0.1, 0.15) is 28.5 Å². The van der Waals surface area contributed by atoms with Gasteiger partial charge < -0.3 is 25.9 Å². The second-order valence-electron chi connectivity index (χ2n) is 10.7. The molecule has 2 heterocycles. The average Bonchev–Trinajstić information content (AvgIpc) is 3.37. The molecule has 1 aromatic carbocycles. The second kappa shape index (κ2) is 16.3. The zero-order valence-electron chi connectivity index (χ0n) is 24.4. The van der Waals surface area contributed by atoms with Crippen molar-refractivity contribution in [2.75, 3.05) is 31.2 Å². The van der Waals surface area contributed by atoms with Crippen LogP contribution in [0.25, 0.3) is 21.9 Å². The number of Topliss-reactive ketones (excluding diaryl/α,β-unsaturated/α-hetero) is 1. The fourth-order valence-electron chi connectivity index (χ4n) is 4.77. The molecule has 0 bridgehead atoms. The zero-order valence-corrected chi connectivity index (χ0v) is 25.2. The predicted octanol–water partition coefficient (Wildman–Crippen LogP) is 3.21. The van der Waals surface area contributed by atoms with Crippen LogP contribution in [0.2, 0.25) is 0 Å². The Hall–Kier alpha value is -3.62. The number of nitrogens with two attached hydrogens (primary N) is 1. The van der Waals surface area contributed by atoms with Crippen LogP contribution in [-0.2, 0) is 42.1 Å². The molecule has 14 heteroatoms. The number of nitrogens with zero attached hydrogens (tertiary/aromatic N) is 2. The van der Waals surface area contributed by atoms with E-state index >= 15 is 0 Å². The number of hydrogen-bond acceptors (Lipinski definition) is 9. The number of rotatable bonds is 20. The van der Waals surface area contributed by atoms with E-state index in [1.165, 1.54) is 0 Å².